The van der Waals surface area contributed by atoms with Gasteiger partial charge in [-0.1, -0.05) is 62.4 Å². The van der Waals surface area contributed by atoms with Gasteiger partial charge in [0.25, 0.3) is 0 Å². The summed E-state index contributed by atoms with van der Waals surface area (Å²) in [5, 5.41) is 4.24. The number of aromatic nitrogens is 1. The van der Waals surface area contributed by atoms with Crippen LogP contribution in [0.3, 0.4) is 0 Å². The van der Waals surface area contributed by atoms with E-state index in [1.807, 2.05) is 24.3 Å². The second kappa shape index (κ2) is 11.1. The molecule has 0 radical (unpaired) electrons. The van der Waals surface area contributed by atoms with Gasteiger partial charge in [-0.2, -0.15) is 0 Å². The Labute approximate surface area is 207 Å². The van der Waals surface area contributed by atoms with Crippen LogP contribution in [0.5, 0.6) is 11.5 Å². The van der Waals surface area contributed by atoms with E-state index in [0.717, 1.165) is 28.6 Å². The van der Waals surface area contributed by atoms with Crippen LogP contribution in [0.25, 0.3) is 10.9 Å². The third-order valence-electron chi connectivity index (χ3n) is 6.26. The summed E-state index contributed by atoms with van der Waals surface area (Å²) in [5.41, 5.74) is 4.48. The summed E-state index contributed by atoms with van der Waals surface area (Å²) in [6, 6.07) is 24.7. The molecule has 0 aliphatic rings. The summed E-state index contributed by atoms with van der Waals surface area (Å²) in [7, 11) is 3.29. The molecular weight excluding hydrogens is 436 g/mol. The summed E-state index contributed by atoms with van der Waals surface area (Å²) < 4.78 is 13.4. The Balaban J connectivity index is 1.81. The molecule has 0 saturated carbocycles. The Morgan fingerprint density at radius 1 is 0.914 bits per heavy atom. The number of nitrogens with zero attached hydrogens (tertiary/aromatic N) is 1. The highest BCUT2D eigenvalue weighted by atomic mass is 16.5. The fourth-order valence-electron chi connectivity index (χ4n) is 4.48. The predicted octanol–water partition coefficient (Wildman–Crippen LogP) is 6.00. The second-order valence-electron chi connectivity index (χ2n) is 9.32. The molecular formula is C30H34N2O3. The molecule has 1 aromatic heterocycles. The molecule has 1 atom stereocenters. The first-order valence-corrected chi connectivity index (χ1v) is 12.1. The van der Waals surface area contributed by atoms with Crippen molar-refractivity contribution in [2.75, 3.05) is 20.8 Å². The molecule has 5 heteroatoms. The maximum atomic E-state index is 13.1. The van der Waals surface area contributed by atoms with Crippen molar-refractivity contribution in [1.82, 2.24) is 9.88 Å². The maximum absolute atomic E-state index is 13.1. The highest BCUT2D eigenvalue weighted by molar-refractivity contribution is 5.87. The van der Waals surface area contributed by atoms with Gasteiger partial charge in [-0.3, -0.25) is 4.79 Å². The van der Waals surface area contributed by atoms with Crippen LogP contribution < -0.4 is 14.8 Å². The smallest absolute Gasteiger partial charge is 0.220 e. The lowest BCUT2D eigenvalue weighted by Gasteiger charge is -2.19. The van der Waals surface area contributed by atoms with E-state index in [-0.39, 0.29) is 11.8 Å². The third-order valence-corrected chi connectivity index (χ3v) is 6.26. The minimum atomic E-state index is -0.159. The molecule has 3 aromatic carbocycles. The molecule has 5 nitrogen and oxygen atoms in total. The van der Waals surface area contributed by atoms with Crippen LogP contribution in [0, 0.1) is 5.92 Å². The number of carbonyl (C=O) groups is 1. The Hall–Kier alpha value is -3.73. The topological polar surface area (TPSA) is 52.5 Å². The SMILES string of the molecule is COc1cc(OC)cc(C(CC(=O)NCC(C)C)c2cn(Cc3ccccc3)c3ccccc23)c1. The van der Waals surface area contributed by atoms with Crippen molar-refractivity contribution in [3.63, 3.8) is 0 Å². The zero-order valence-corrected chi connectivity index (χ0v) is 21.0. The third kappa shape index (κ3) is 5.86. The summed E-state index contributed by atoms with van der Waals surface area (Å²) in [4.78, 5) is 13.1. The molecule has 1 amide bonds. The van der Waals surface area contributed by atoms with Crippen LogP contribution in [0.4, 0.5) is 0 Å². The minimum absolute atomic E-state index is 0.0328. The Kier molecular flexibility index (Phi) is 7.76. The monoisotopic (exact) mass is 470 g/mol. The van der Waals surface area contributed by atoms with Crippen molar-refractivity contribution in [1.29, 1.82) is 0 Å². The fourth-order valence-corrected chi connectivity index (χ4v) is 4.48. The van der Waals surface area contributed by atoms with Crippen molar-refractivity contribution in [3.05, 3.63) is 95.7 Å². The Morgan fingerprint density at radius 3 is 2.23 bits per heavy atom. The largest absolute Gasteiger partial charge is 0.497 e. The molecule has 0 bridgehead atoms. The molecule has 1 N–H and O–H groups in total. The zero-order valence-electron chi connectivity index (χ0n) is 21.0. The van der Waals surface area contributed by atoms with Gasteiger partial charge in [0.15, 0.2) is 0 Å². The van der Waals surface area contributed by atoms with Gasteiger partial charge in [0.1, 0.15) is 11.5 Å². The number of hydrogen-bond donors (Lipinski definition) is 1. The zero-order chi connectivity index (χ0) is 24.8. The van der Waals surface area contributed by atoms with E-state index in [1.165, 1.54) is 5.56 Å². The van der Waals surface area contributed by atoms with E-state index in [0.29, 0.717) is 30.4 Å². The number of methoxy groups -OCH3 is 2. The predicted molar refractivity (Wildman–Crippen MR) is 141 cm³/mol. The lowest BCUT2D eigenvalue weighted by molar-refractivity contribution is -0.121. The molecule has 4 aromatic rings. The molecule has 182 valence electrons. The summed E-state index contributed by atoms with van der Waals surface area (Å²) in [5.74, 6) is 1.68. The number of ether oxygens (including phenoxy) is 2. The summed E-state index contributed by atoms with van der Waals surface area (Å²) in [6.45, 7) is 5.61. The number of para-hydroxylation sites is 1. The number of benzene rings is 3. The van der Waals surface area contributed by atoms with Crippen LogP contribution in [0.1, 0.15) is 42.9 Å². The van der Waals surface area contributed by atoms with Gasteiger partial charge in [-0.15, -0.1) is 0 Å². The second-order valence-corrected chi connectivity index (χ2v) is 9.32. The molecule has 0 aliphatic heterocycles. The van der Waals surface area contributed by atoms with E-state index in [2.05, 4.69) is 78.5 Å². The van der Waals surface area contributed by atoms with Crippen LogP contribution in [0.15, 0.2) is 79.0 Å². The van der Waals surface area contributed by atoms with Gasteiger partial charge in [-0.05, 0) is 40.8 Å². The van der Waals surface area contributed by atoms with E-state index in [1.54, 1.807) is 14.2 Å². The van der Waals surface area contributed by atoms with Gasteiger partial charge in [0, 0.05) is 48.6 Å². The molecule has 0 aliphatic carbocycles. The first-order chi connectivity index (χ1) is 17.0. The van der Waals surface area contributed by atoms with Gasteiger partial charge < -0.3 is 19.4 Å². The van der Waals surface area contributed by atoms with Gasteiger partial charge in [0.2, 0.25) is 5.91 Å². The van der Waals surface area contributed by atoms with Crippen molar-refractivity contribution < 1.29 is 14.3 Å². The molecule has 0 saturated heterocycles. The quantitative estimate of drug-likeness (QED) is 0.309. The minimum Gasteiger partial charge on any atom is -0.497 e. The summed E-state index contributed by atoms with van der Waals surface area (Å²) in [6.07, 6.45) is 2.53. The first kappa shape index (κ1) is 24.4. The number of nitrogens with one attached hydrogen (secondary N) is 1. The average molecular weight is 471 g/mol. The van der Waals surface area contributed by atoms with Crippen molar-refractivity contribution in [3.8, 4) is 11.5 Å². The van der Waals surface area contributed by atoms with E-state index >= 15 is 0 Å². The highest BCUT2D eigenvalue weighted by Gasteiger charge is 2.24. The lowest BCUT2D eigenvalue weighted by Crippen LogP contribution is -2.28. The molecule has 0 spiro atoms. The van der Waals surface area contributed by atoms with E-state index < -0.39 is 0 Å². The van der Waals surface area contributed by atoms with Gasteiger partial charge in [0.05, 0.1) is 14.2 Å². The van der Waals surface area contributed by atoms with Crippen molar-refractivity contribution >= 4 is 16.8 Å². The maximum Gasteiger partial charge on any atom is 0.220 e. The molecule has 0 fully saturated rings. The van der Waals surface area contributed by atoms with E-state index in [9.17, 15) is 4.79 Å². The van der Waals surface area contributed by atoms with Crippen LogP contribution in [-0.2, 0) is 11.3 Å². The lowest BCUT2D eigenvalue weighted by atomic mass is 9.87. The molecule has 1 unspecified atom stereocenters. The molecule has 4 rings (SSSR count). The normalized spacial score (nSPS) is 12.0. The van der Waals surface area contributed by atoms with Crippen LogP contribution in [-0.4, -0.2) is 31.2 Å². The number of fused-ring (bicyclic) bond motifs is 1. The van der Waals surface area contributed by atoms with Crippen LogP contribution >= 0.6 is 0 Å². The fraction of sp³-hybridized carbons (Fsp3) is 0.300. The molecule has 35 heavy (non-hydrogen) atoms. The van der Waals surface area contributed by atoms with Crippen molar-refractivity contribution in [2.45, 2.75) is 32.7 Å². The Bertz CT molecular complexity index is 1260. The standard InChI is InChI=1S/C30H34N2O3/c1-21(2)18-31-30(33)17-27(23-14-24(34-3)16-25(15-23)35-4)28-20-32(19-22-10-6-5-7-11-22)29-13-9-8-12-26(28)29/h5-16,20-21,27H,17-19H2,1-4H3,(H,31,33). The Morgan fingerprint density at radius 2 is 1.57 bits per heavy atom. The van der Waals surface area contributed by atoms with E-state index in [4.69, 9.17) is 9.47 Å². The highest BCUT2D eigenvalue weighted by Crippen LogP contribution is 2.38. The van der Waals surface area contributed by atoms with Gasteiger partial charge >= 0.3 is 0 Å². The first-order valence-electron chi connectivity index (χ1n) is 12.1. The number of rotatable bonds is 10. The summed E-state index contributed by atoms with van der Waals surface area (Å²) >= 11 is 0. The number of hydrogen-bond acceptors (Lipinski definition) is 3. The number of amides is 1. The number of carbonyl (C=O) groups excluding carboxylic acids is 1. The van der Waals surface area contributed by atoms with Gasteiger partial charge in [-0.25, -0.2) is 0 Å². The molecule has 1 heterocycles. The average Bonchev–Trinajstić information content (AvgIpc) is 3.24. The van der Waals surface area contributed by atoms with Crippen molar-refractivity contribution in [2.24, 2.45) is 5.92 Å². The van der Waals surface area contributed by atoms with Crippen LogP contribution in [0.2, 0.25) is 0 Å².